The molecule has 1 fully saturated rings. The van der Waals surface area contributed by atoms with E-state index in [9.17, 15) is 39.8 Å². The molecule has 0 bridgehead atoms. The van der Waals surface area contributed by atoms with E-state index >= 15 is 0 Å². The molecule has 0 aromatic carbocycles. The molecule has 0 aliphatic heterocycles. The maximum Gasteiger partial charge on any atom is 0.472 e. The molecule has 6 atom stereocenters. The number of carbonyl (C=O) groups excluding carboxylic acids is 1. The van der Waals surface area contributed by atoms with Crippen molar-refractivity contribution in [3.8, 4) is 0 Å². The van der Waals surface area contributed by atoms with Crippen LogP contribution in [0, 0.1) is 0 Å². The smallest absolute Gasteiger partial charge is 0.457 e. The van der Waals surface area contributed by atoms with Gasteiger partial charge in [-0.25, -0.2) is 4.57 Å². The quantitative estimate of drug-likeness (QED) is 0.0148. The van der Waals surface area contributed by atoms with Crippen LogP contribution in [0.1, 0.15) is 213 Å². The van der Waals surface area contributed by atoms with Crippen molar-refractivity contribution in [3.05, 3.63) is 12.2 Å². The number of esters is 1. The van der Waals surface area contributed by atoms with Crippen LogP contribution in [0.5, 0.6) is 0 Å². The summed E-state index contributed by atoms with van der Waals surface area (Å²) in [7, 11) is -5.01. The lowest BCUT2D eigenvalue weighted by atomic mass is 9.85. The zero-order chi connectivity index (χ0) is 43.4. The molecule has 6 unspecified atom stereocenters. The molecule has 0 radical (unpaired) electrons. The highest BCUT2D eigenvalue weighted by atomic mass is 31.2. The van der Waals surface area contributed by atoms with Gasteiger partial charge in [0.05, 0.1) is 13.2 Å². The van der Waals surface area contributed by atoms with Gasteiger partial charge in [-0.15, -0.1) is 0 Å². The predicted octanol–water partition coefficient (Wildman–Crippen LogP) is 9.92. The standard InChI is InChI=1S/C46H89O12P/c1-3-5-7-9-11-13-15-17-19-20-21-22-23-25-27-29-31-33-35-40(47)57-39(37-55-36-34-32-30-28-26-24-18-16-14-12-10-8-6-4-2)38-56-59(53,54)58-46-44(51)42(49)41(48)43(50)45(46)52/h14,16,39,41-46,48-52H,3-13,15,17-38H2,1-2H3,(H,53,54)/b16-14-. The number of rotatable bonds is 41. The molecule has 1 aliphatic carbocycles. The van der Waals surface area contributed by atoms with E-state index in [1.54, 1.807) is 0 Å². The monoisotopic (exact) mass is 865 g/mol. The number of aliphatic hydroxyl groups excluding tert-OH is 5. The van der Waals surface area contributed by atoms with Gasteiger partial charge >= 0.3 is 13.8 Å². The van der Waals surface area contributed by atoms with Crippen molar-refractivity contribution in [1.29, 1.82) is 0 Å². The Kier molecular flexibility index (Phi) is 35.8. The number of carbonyl (C=O) groups is 1. The zero-order valence-corrected chi connectivity index (χ0v) is 38.2. The van der Waals surface area contributed by atoms with Crippen LogP contribution in [-0.4, -0.2) is 98.9 Å². The summed E-state index contributed by atoms with van der Waals surface area (Å²) in [6, 6.07) is 0. The Morgan fingerprint density at radius 1 is 0.525 bits per heavy atom. The van der Waals surface area contributed by atoms with Crippen molar-refractivity contribution in [2.75, 3.05) is 19.8 Å². The van der Waals surface area contributed by atoms with Gasteiger partial charge in [0.15, 0.2) is 0 Å². The second-order valence-electron chi connectivity index (χ2n) is 17.0. The van der Waals surface area contributed by atoms with Gasteiger partial charge in [-0.2, -0.15) is 0 Å². The Morgan fingerprint density at radius 3 is 1.36 bits per heavy atom. The largest absolute Gasteiger partial charge is 0.472 e. The number of phosphoric acid groups is 1. The van der Waals surface area contributed by atoms with Gasteiger partial charge in [0.25, 0.3) is 0 Å². The summed E-state index contributed by atoms with van der Waals surface area (Å²) in [6.07, 6.45) is 28.5. The molecular formula is C46H89O12P. The number of ether oxygens (including phenoxy) is 2. The summed E-state index contributed by atoms with van der Waals surface area (Å²) in [5.74, 6) is -0.475. The summed E-state index contributed by atoms with van der Waals surface area (Å²) >= 11 is 0. The van der Waals surface area contributed by atoms with Crippen LogP contribution in [0.15, 0.2) is 12.2 Å². The number of allylic oxidation sites excluding steroid dienone is 2. The number of hydrogen-bond donors (Lipinski definition) is 6. The first-order valence-corrected chi connectivity index (χ1v) is 25.5. The fourth-order valence-electron chi connectivity index (χ4n) is 7.53. The second-order valence-corrected chi connectivity index (χ2v) is 18.4. The van der Waals surface area contributed by atoms with Crippen LogP contribution in [0.4, 0.5) is 0 Å². The minimum atomic E-state index is -5.01. The topological polar surface area (TPSA) is 192 Å². The number of phosphoric ester groups is 1. The summed E-state index contributed by atoms with van der Waals surface area (Å²) in [4.78, 5) is 23.2. The normalized spacial score (nSPS) is 22.5. The van der Waals surface area contributed by atoms with Crippen molar-refractivity contribution < 1.29 is 58.3 Å². The van der Waals surface area contributed by atoms with E-state index in [4.69, 9.17) is 18.5 Å². The average Bonchev–Trinajstić information content (AvgIpc) is 3.22. The third kappa shape index (κ3) is 29.9. The Labute approximate surface area is 358 Å². The first kappa shape index (κ1) is 56.1. The van der Waals surface area contributed by atoms with Gasteiger partial charge < -0.3 is 39.9 Å². The minimum Gasteiger partial charge on any atom is -0.457 e. The van der Waals surface area contributed by atoms with E-state index in [-0.39, 0.29) is 13.0 Å². The Hall–Kier alpha value is -0.920. The molecule has 0 aromatic heterocycles. The van der Waals surface area contributed by atoms with Crippen molar-refractivity contribution >= 4 is 13.8 Å². The summed E-state index contributed by atoms with van der Waals surface area (Å²) < 4.78 is 34.2. The van der Waals surface area contributed by atoms with E-state index in [0.29, 0.717) is 13.0 Å². The van der Waals surface area contributed by atoms with Crippen LogP contribution in [0.2, 0.25) is 0 Å². The summed E-state index contributed by atoms with van der Waals surface area (Å²) in [5.41, 5.74) is 0. The molecule has 1 aliphatic rings. The lowest BCUT2D eigenvalue weighted by Crippen LogP contribution is -2.64. The van der Waals surface area contributed by atoms with Gasteiger partial charge in [-0.1, -0.05) is 180 Å². The molecule has 0 amide bonds. The molecule has 350 valence electrons. The van der Waals surface area contributed by atoms with Crippen molar-refractivity contribution in [2.45, 2.75) is 256 Å². The van der Waals surface area contributed by atoms with E-state index in [2.05, 4.69) is 26.0 Å². The zero-order valence-electron chi connectivity index (χ0n) is 37.3. The lowest BCUT2D eigenvalue weighted by molar-refractivity contribution is -0.220. The minimum absolute atomic E-state index is 0.0755. The van der Waals surface area contributed by atoms with Gasteiger partial charge in [0.2, 0.25) is 0 Å². The second kappa shape index (κ2) is 37.6. The van der Waals surface area contributed by atoms with Crippen molar-refractivity contribution in [2.24, 2.45) is 0 Å². The van der Waals surface area contributed by atoms with Gasteiger partial charge in [-0.3, -0.25) is 13.8 Å². The third-order valence-corrected chi connectivity index (χ3v) is 12.4. The van der Waals surface area contributed by atoms with Gasteiger partial charge in [0, 0.05) is 13.0 Å². The van der Waals surface area contributed by atoms with E-state index in [1.165, 1.54) is 135 Å². The third-order valence-electron chi connectivity index (χ3n) is 11.4. The summed E-state index contributed by atoms with van der Waals surface area (Å²) in [6.45, 7) is 4.26. The lowest BCUT2D eigenvalue weighted by Gasteiger charge is -2.41. The SMILES string of the molecule is CCCCCC/C=C\CCCCCCCCOCC(COP(=O)(O)OC1C(O)C(O)C(O)C(O)C1O)OC(=O)CCCCCCCCCCCCCCCCCCCC. The fourth-order valence-corrected chi connectivity index (χ4v) is 8.50. The molecule has 1 rings (SSSR count). The van der Waals surface area contributed by atoms with Crippen LogP contribution in [-0.2, 0) is 27.9 Å². The summed E-state index contributed by atoms with van der Waals surface area (Å²) in [5, 5.41) is 50.2. The molecular weight excluding hydrogens is 775 g/mol. The maximum atomic E-state index is 12.8. The molecule has 0 aromatic rings. The average molecular weight is 865 g/mol. The molecule has 12 nitrogen and oxygen atoms in total. The fraction of sp³-hybridized carbons (Fsp3) is 0.935. The first-order valence-electron chi connectivity index (χ1n) is 24.0. The Balaban J connectivity index is 2.36. The van der Waals surface area contributed by atoms with Crippen molar-refractivity contribution in [3.63, 3.8) is 0 Å². The number of hydrogen-bond acceptors (Lipinski definition) is 11. The molecule has 1 saturated carbocycles. The highest BCUT2D eigenvalue weighted by Crippen LogP contribution is 2.47. The van der Waals surface area contributed by atoms with Crippen molar-refractivity contribution in [1.82, 2.24) is 0 Å². The molecule has 0 heterocycles. The van der Waals surface area contributed by atoms with Crippen LogP contribution >= 0.6 is 7.82 Å². The number of unbranched alkanes of at least 4 members (excludes halogenated alkanes) is 27. The highest BCUT2D eigenvalue weighted by molar-refractivity contribution is 7.47. The predicted molar refractivity (Wildman–Crippen MR) is 235 cm³/mol. The van der Waals surface area contributed by atoms with Crippen LogP contribution < -0.4 is 0 Å². The van der Waals surface area contributed by atoms with E-state index < -0.39 is 63.1 Å². The number of aliphatic hydroxyl groups is 5. The highest BCUT2D eigenvalue weighted by Gasteiger charge is 2.51. The van der Waals surface area contributed by atoms with Gasteiger partial charge in [-0.05, 0) is 38.5 Å². The molecule has 6 N–H and O–H groups in total. The molecule has 59 heavy (non-hydrogen) atoms. The van der Waals surface area contributed by atoms with Crippen LogP contribution in [0.3, 0.4) is 0 Å². The maximum absolute atomic E-state index is 12.8. The van der Waals surface area contributed by atoms with E-state index in [0.717, 1.165) is 51.4 Å². The van der Waals surface area contributed by atoms with Gasteiger partial charge in [0.1, 0.15) is 42.7 Å². The molecule has 0 spiro atoms. The van der Waals surface area contributed by atoms with Crippen LogP contribution in [0.25, 0.3) is 0 Å². The Morgan fingerprint density at radius 2 is 0.898 bits per heavy atom. The Bertz CT molecular complexity index is 1030. The molecule has 0 saturated heterocycles. The van der Waals surface area contributed by atoms with E-state index in [1.807, 2.05) is 0 Å². The first-order chi connectivity index (χ1) is 28.5. The molecule has 13 heteroatoms.